The smallest absolute Gasteiger partial charge is 0.320 e. The van der Waals surface area contributed by atoms with E-state index in [0.717, 1.165) is 0 Å². The predicted molar refractivity (Wildman–Crippen MR) is 61.1 cm³/mol. The molecule has 0 spiro atoms. The summed E-state index contributed by atoms with van der Waals surface area (Å²) >= 11 is 0. The fourth-order valence-electron chi connectivity index (χ4n) is 1.58. The van der Waals surface area contributed by atoms with Gasteiger partial charge >= 0.3 is 11.9 Å². The van der Waals surface area contributed by atoms with Crippen molar-refractivity contribution in [2.24, 2.45) is 11.8 Å². The summed E-state index contributed by atoms with van der Waals surface area (Å²) in [5, 5.41) is 0. The van der Waals surface area contributed by atoms with Crippen LogP contribution in [-0.4, -0.2) is 31.9 Å². The van der Waals surface area contributed by atoms with Crippen LogP contribution in [0.5, 0.6) is 0 Å². The Kier molecular flexibility index (Phi) is 6.86. The van der Waals surface area contributed by atoms with Gasteiger partial charge in [0.25, 0.3) is 0 Å². The van der Waals surface area contributed by atoms with Gasteiger partial charge in [0.1, 0.15) is 5.78 Å². The third-order valence-corrected chi connectivity index (χ3v) is 2.30. The van der Waals surface area contributed by atoms with E-state index < -0.39 is 23.8 Å². The topological polar surface area (TPSA) is 69.7 Å². The first-order valence-corrected chi connectivity index (χ1v) is 5.25. The van der Waals surface area contributed by atoms with E-state index in [1.54, 1.807) is 19.1 Å². The molecule has 0 saturated heterocycles. The Morgan fingerprint density at radius 3 is 1.88 bits per heavy atom. The second-order valence-corrected chi connectivity index (χ2v) is 3.62. The van der Waals surface area contributed by atoms with E-state index in [0.29, 0.717) is 0 Å². The van der Waals surface area contributed by atoms with Crippen LogP contribution in [-0.2, 0) is 23.9 Å². The molecule has 0 amide bonds. The first kappa shape index (κ1) is 15.3. The number of carbonyl (C=O) groups excluding carboxylic acids is 3. The van der Waals surface area contributed by atoms with Crippen LogP contribution in [0.4, 0.5) is 0 Å². The number of Topliss-reactive ketones (excluding diaryl/α,β-unsaturated/α-hetero) is 1. The fourth-order valence-corrected chi connectivity index (χ4v) is 1.58. The van der Waals surface area contributed by atoms with Crippen molar-refractivity contribution in [1.82, 2.24) is 0 Å². The normalized spacial score (nSPS) is 12.5. The second kappa shape index (κ2) is 7.60. The maximum absolute atomic E-state index is 11.5. The van der Waals surface area contributed by atoms with Gasteiger partial charge in [-0.2, -0.15) is 0 Å². The van der Waals surface area contributed by atoms with E-state index in [1.165, 1.54) is 21.1 Å². The molecule has 5 heteroatoms. The molecule has 0 aliphatic carbocycles. The molecule has 0 aliphatic heterocycles. The number of ether oxygens (including phenoxy) is 2. The van der Waals surface area contributed by atoms with Crippen molar-refractivity contribution < 1.29 is 23.9 Å². The number of rotatable bonds is 6. The molecule has 0 heterocycles. The maximum Gasteiger partial charge on any atom is 0.320 e. The zero-order chi connectivity index (χ0) is 13.4. The minimum absolute atomic E-state index is 0.0964. The number of methoxy groups -OCH3 is 2. The van der Waals surface area contributed by atoms with Gasteiger partial charge in [-0.1, -0.05) is 12.2 Å². The number of hydrogen-bond acceptors (Lipinski definition) is 5. The Labute approximate surface area is 101 Å². The minimum atomic E-state index is -1.09. The summed E-state index contributed by atoms with van der Waals surface area (Å²) in [6.45, 7) is 3.15. The number of carbonyl (C=O) groups is 3. The molecule has 1 atom stereocenters. The van der Waals surface area contributed by atoms with Gasteiger partial charge in [0, 0.05) is 12.3 Å². The van der Waals surface area contributed by atoms with Crippen LogP contribution in [0.2, 0.25) is 0 Å². The molecule has 0 radical (unpaired) electrons. The molecule has 0 rings (SSSR count). The van der Waals surface area contributed by atoms with E-state index >= 15 is 0 Å². The molecule has 0 fully saturated rings. The van der Waals surface area contributed by atoms with Crippen molar-refractivity contribution in [2.75, 3.05) is 14.2 Å². The van der Waals surface area contributed by atoms with Gasteiger partial charge in [0.2, 0.25) is 0 Å². The zero-order valence-corrected chi connectivity index (χ0v) is 10.6. The van der Waals surface area contributed by atoms with Crippen LogP contribution < -0.4 is 0 Å². The summed E-state index contributed by atoms with van der Waals surface area (Å²) < 4.78 is 9.12. The molecule has 0 aromatic carbocycles. The summed E-state index contributed by atoms with van der Waals surface area (Å²) in [4.78, 5) is 34.2. The van der Waals surface area contributed by atoms with Gasteiger partial charge in [-0.3, -0.25) is 9.59 Å². The standard InChI is InChI=1S/C12H18O5/c1-5-6-9(7-8(2)13)10(11(14)16-3)12(15)17-4/h5-6,9-10H,7H2,1-4H3/b6-5+. The second-order valence-electron chi connectivity index (χ2n) is 3.62. The molecule has 0 N–H and O–H groups in total. The number of esters is 2. The lowest BCUT2D eigenvalue weighted by molar-refractivity contribution is -0.160. The van der Waals surface area contributed by atoms with E-state index in [2.05, 4.69) is 9.47 Å². The first-order valence-electron chi connectivity index (χ1n) is 5.25. The quantitative estimate of drug-likeness (QED) is 0.396. The monoisotopic (exact) mass is 242 g/mol. The highest BCUT2D eigenvalue weighted by molar-refractivity contribution is 5.96. The highest BCUT2D eigenvalue weighted by atomic mass is 16.5. The van der Waals surface area contributed by atoms with Crippen molar-refractivity contribution in [1.29, 1.82) is 0 Å². The largest absolute Gasteiger partial charge is 0.468 e. The van der Waals surface area contributed by atoms with Gasteiger partial charge in [-0.25, -0.2) is 0 Å². The minimum Gasteiger partial charge on any atom is -0.468 e. The Balaban J connectivity index is 5.12. The average molecular weight is 242 g/mol. The molecule has 0 aliphatic rings. The van der Waals surface area contributed by atoms with E-state index in [1.807, 2.05) is 0 Å². The number of ketones is 1. The summed E-state index contributed by atoms with van der Waals surface area (Å²) in [5.41, 5.74) is 0. The molecule has 5 nitrogen and oxygen atoms in total. The summed E-state index contributed by atoms with van der Waals surface area (Å²) in [6, 6.07) is 0. The highest BCUT2D eigenvalue weighted by Crippen LogP contribution is 2.21. The van der Waals surface area contributed by atoms with Gasteiger partial charge in [-0.05, 0) is 13.8 Å². The van der Waals surface area contributed by atoms with Crippen molar-refractivity contribution in [2.45, 2.75) is 20.3 Å². The summed E-state index contributed by atoms with van der Waals surface area (Å²) in [6.07, 6.45) is 3.42. The van der Waals surface area contributed by atoms with Gasteiger partial charge in [0.15, 0.2) is 5.92 Å². The highest BCUT2D eigenvalue weighted by Gasteiger charge is 2.35. The molecule has 0 saturated carbocycles. The van der Waals surface area contributed by atoms with Crippen molar-refractivity contribution in [3.05, 3.63) is 12.2 Å². The van der Waals surface area contributed by atoms with Gasteiger partial charge < -0.3 is 14.3 Å². The van der Waals surface area contributed by atoms with Crippen LogP contribution >= 0.6 is 0 Å². The van der Waals surface area contributed by atoms with Crippen molar-refractivity contribution in [3.8, 4) is 0 Å². The van der Waals surface area contributed by atoms with Crippen LogP contribution in [0, 0.1) is 11.8 Å². The zero-order valence-electron chi connectivity index (χ0n) is 10.6. The number of hydrogen-bond donors (Lipinski definition) is 0. The lowest BCUT2D eigenvalue weighted by Crippen LogP contribution is -2.33. The molecule has 0 aromatic heterocycles. The molecule has 17 heavy (non-hydrogen) atoms. The summed E-state index contributed by atoms with van der Waals surface area (Å²) in [7, 11) is 2.39. The van der Waals surface area contributed by atoms with E-state index in [9.17, 15) is 14.4 Å². The van der Waals surface area contributed by atoms with Crippen LogP contribution in [0.15, 0.2) is 12.2 Å². The van der Waals surface area contributed by atoms with Gasteiger partial charge in [-0.15, -0.1) is 0 Å². The maximum atomic E-state index is 11.5. The van der Waals surface area contributed by atoms with Crippen molar-refractivity contribution >= 4 is 17.7 Å². The Morgan fingerprint density at radius 1 is 1.12 bits per heavy atom. The first-order chi connectivity index (χ1) is 7.97. The van der Waals surface area contributed by atoms with Crippen molar-refractivity contribution in [3.63, 3.8) is 0 Å². The molecule has 96 valence electrons. The predicted octanol–water partition coefficient (Wildman–Crippen LogP) is 1.12. The molecule has 0 aromatic rings. The third kappa shape index (κ3) is 4.80. The molecule has 1 unspecified atom stereocenters. The molecule has 0 bridgehead atoms. The SMILES string of the molecule is C/C=C/C(CC(C)=O)C(C(=O)OC)C(=O)OC. The Hall–Kier alpha value is -1.65. The Bertz CT molecular complexity index is 303. The lowest BCUT2D eigenvalue weighted by atomic mass is 9.87. The summed E-state index contributed by atoms with van der Waals surface area (Å²) in [5.74, 6) is -3.11. The Morgan fingerprint density at radius 2 is 1.59 bits per heavy atom. The van der Waals surface area contributed by atoms with Gasteiger partial charge in [0.05, 0.1) is 14.2 Å². The van der Waals surface area contributed by atoms with Crippen LogP contribution in [0.1, 0.15) is 20.3 Å². The van der Waals surface area contributed by atoms with E-state index in [-0.39, 0.29) is 12.2 Å². The molecular weight excluding hydrogens is 224 g/mol. The van der Waals surface area contributed by atoms with Crippen LogP contribution in [0.25, 0.3) is 0 Å². The fraction of sp³-hybridized carbons (Fsp3) is 0.583. The van der Waals surface area contributed by atoms with E-state index in [4.69, 9.17) is 0 Å². The lowest BCUT2D eigenvalue weighted by Gasteiger charge is -2.19. The number of allylic oxidation sites excluding steroid dienone is 2. The van der Waals surface area contributed by atoms with Crippen LogP contribution in [0.3, 0.4) is 0 Å². The average Bonchev–Trinajstić information content (AvgIpc) is 2.28. The molecular formula is C12H18O5. The third-order valence-electron chi connectivity index (χ3n) is 2.30.